The van der Waals surface area contributed by atoms with Gasteiger partial charge in [0.1, 0.15) is 5.82 Å². The third kappa shape index (κ3) is 3.23. The zero-order valence-electron chi connectivity index (χ0n) is 15.2. The minimum absolute atomic E-state index is 0.138. The summed E-state index contributed by atoms with van der Waals surface area (Å²) in [5.41, 5.74) is 3.92. The average Bonchev–Trinajstić information content (AvgIpc) is 3.12. The van der Waals surface area contributed by atoms with Gasteiger partial charge in [-0.1, -0.05) is 18.2 Å². The van der Waals surface area contributed by atoms with Gasteiger partial charge in [0.15, 0.2) is 0 Å². The van der Waals surface area contributed by atoms with Crippen LogP contribution in [0.5, 0.6) is 0 Å². The number of hydrogen-bond acceptors (Lipinski definition) is 3. The highest BCUT2D eigenvalue weighted by atomic mass is 32.2. The van der Waals surface area contributed by atoms with E-state index < -0.39 is 0 Å². The zero-order valence-corrected chi connectivity index (χ0v) is 16.0. The molecule has 0 aliphatic carbocycles. The number of H-pyrrole nitrogens is 1. The number of benzene rings is 2. The first kappa shape index (κ1) is 17.2. The summed E-state index contributed by atoms with van der Waals surface area (Å²) in [4.78, 5) is 24.4. The SMILES string of the molecule is CSc1ccc(C)c(C(=O)N2CCCC(c3nc4ccccc4[nH]3)C2)c1. The second-order valence-corrected chi connectivity index (χ2v) is 7.79. The van der Waals surface area contributed by atoms with Gasteiger partial charge in [0.05, 0.1) is 11.0 Å². The third-order valence-electron chi connectivity index (χ3n) is 5.18. The van der Waals surface area contributed by atoms with E-state index in [4.69, 9.17) is 4.98 Å². The van der Waals surface area contributed by atoms with E-state index in [9.17, 15) is 4.79 Å². The largest absolute Gasteiger partial charge is 0.342 e. The highest BCUT2D eigenvalue weighted by Crippen LogP contribution is 2.28. The lowest BCUT2D eigenvalue weighted by atomic mass is 9.96. The van der Waals surface area contributed by atoms with Crippen molar-refractivity contribution < 1.29 is 4.79 Å². The van der Waals surface area contributed by atoms with Crippen LogP contribution < -0.4 is 0 Å². The summed E-state index contributed by atoms with van der Waals surface area (Å²) < 4.78 is 0. The van der Waals surface area contributed by atoms with Crippen LogP contribution in [0, 0.1) is 6.92 Å². The lowest BCUT2D eigenvalue weighted by molar-refractivity contribution is 0.0704. The first-order valence-corrected chi connectivity index (χ1v) is 10.3. The Morgan fingerprint density at radius 3 is 2.92 bits per heavy atom. The van der Waals surface area contributed by atoms with Gasteiger partial charge in [-0.05, 0) is 55.9 Å². The maximum absolute atomic E-state index is 13.1. The molecule has 4 rings (SSSR count). The molecule has 0 saturated carbocycles. The summed E-state index contributed by atoms with van der Waals surface area (Å²) in [6.07, 6.45) is 4.11. The molecule has 0 radical (unpaired) electrons. The van der Waals surface area contributed by atoms with E-state index in [2.05, 4.69) is 17.1 Å². The summed E-state index contributed by atoms with van der Waals surface area (Å²) in [6.45, 7) is 3.55. The fourth-order valence-corrected chi connectivity index (χ4v) is 4.12. The molecule has 1 aromatic heterocycles. The molecule has 1 amide bonds. The predicted molar refractivity (Wildman–Crippen MR) is 107 cm³/mol. The van der Waals surface area contributed by atoms with Crippen molar-refractivity contribution in [2.75, 3.05) is 19.3 Å². The number of thioether (sulfide) groups is 1. The molecule has 1 fully saturated rings. The number of piperidine rings is 1. The zero-order chi connectivity index (χ0) is 18.1. The van der Waals surface area contributed by atoms with Crippen LogP contribution in [0.15, 0.2) is 47.4 Å². The monoisotopic (exact) mass is 365 g/mol. The van der Waals surface area contributed by atoms with Crippen molar-refractivity contribution in [1.29, 1.82) is 0 Å². The molecule has 1 aliphatic heterocycles. The Balaban J connectivity index is 1.57. The van der Waals surface area contributed by atoms with E-state index in [0.29, 0.717) is 0 Å². The minimum atomic E-state index is 0.138. The molecule has 4 nitrogen and oxygen atoms in total. The van der Waals surface area contributed by atoms with E-state index >= 15 is 0 Å². The standard InChI is InChI=1S/C21H23N3OS/c1-14-9-10-16(26-2)12-17(14)21(25)24-11-5-6-15(13-24)20-22-18-7-3-4-8-19(18)23-20/h3-4,7-10,12,15H,5-6,11,13H2,1-2H3,(H,22,23). The van der Waals surface area contributed by atoms with Crippen molar-refractivity contribution in [3.8, 4) is 0 Å². The van der Waals surface area contributed by atoms with Crippen LogP contribution in [0.3, 0.4) is 0 Å². The second-order valence-electron chi connectivity index (χ2n) is 6.91. The Hall–Kier alpha value is -2.27. The van der Waals surface area contributed by atoms with Crippen molar-refractivity contribution in [2.45, 2.75) is 30.6 Å². The number of aryl methyl sites for hydroxylation is 1. The summed E-state index contributed by atoms with van der Waals surface area (Å²) >= 11 is 1.67. The Labute approximate surface area is 158 Å². The number of likely N-dealkylation sites (tertiary alicyclic amines) is 1. The average molecular weight is 366 g/mol. The van der Waals surface area contributed by atoms with Crippen LogP contribution in [-0.2, 0) is 0 Å². The summed E-state index contributed by atoms with van der Waals surface area (Å²) in [5.74, 6) is 1.40. The van der Waals surface area contributed by atoms with Gasteiger partial charge >= 0.3 is 0 Å². The highest BCUT2D eigenvalue weighted by molar-refractivity contribution is 7.98. The maximum atomic E-state index is 13.1. The molecule has 26 heavy (non-hydrogen) atoms. The Morgan fingerprint density at radius 2 is 2.12 bits per heavy atom. The van der Waals surface area contributed by atoms with Crippen LogP contribution >= 0.6 is 11.8 Å². The van der Waals surface area contributed by atoms with Crippen molar-refractivity contribution in [2.24, 2.45) is 0 Å². The molecule has 1 aliphatic rings. The van der Waals surface area contributed by atoms with Gasteiger partial charge in [-0.2, -0.15) is 0 Å². The number of nitrogens with zero attached hydrogens (tertiary/aromatic N) is 2. The number of aromatic nitrogens is 2. The molecule has 2 heterocycles. The van der Waals surface area contributed by atoms with Crippen molar-refractivity contribution in [1.82, 2.24) is 14.9 Å². The molecule has 0 spiro atoms. The number of para-hydroxylation sites is 2. The van der Waals surface area contributed by atoms with Gasteiger partial charge in [-0.15, -0.1) is 11.8 Å². The summed E-state index contributed by atoms with van der Waals surface area (Å²) in [6, 6.07) is 14.2. The number of aromatic amines is 1. The summed E-state index contributed by atoms with van der Waals surface area (Å²) in [7, 11) is 0. The number of imidazole rings is 1. The molecule has 1 N–H and O–H groups in total. The Bertz CT molecular complexity index is 916. The van der Waals surface area contributed by atoms with Gasteiger partial charge in [-0.25, -0.2) is 4.98 Å². The number of rotatable bonds is 3. The minimum Gasteiger partial charge on any atom is -0.342 e. The number of carbonyl (C=O) groups excluding carboxylic acids is 1. The second kappa shape index (κ2) is 7.16. The first-order chi connectivity index (χ1) is 12.7. The molecule has 0 bridgehead atoms. The quantitative estimate of drug-likeness (QED) is 0.689. The molecular weight excluding hydrogens is 342 g/mol. The maximum Gasteiger partial charge on any atom is 0.254 e. The van der Waals surface area contributed by atoms with E-state index in [0.717, 1.165) is 58.8 Å². The fourth-order valence-electron chi connectivity index (χ4n) is 3.68. The van der Waals surface area contributed by atoms with E-state index in [1.165, 1.54) is 0 Å². The number of nitrogens with one attached hydrogen (secondary N) is 1. The molecule has 3 aromatic rings. The molecule has 1 saturated heterocycles. The molecule has 1 unspecified atom stereocenters. The van der Waals surface area contributed by atoms with Crippen molar-refractivity contribution in [3.63, 3.8) is 0 Å². The van der Waals surface area contributed by atoms with Crippen LogP contribution in [0.25, 0.3) is 11.0 Å². The molecule has 5 heteroatoms. The number of fused-ring (bicyclic) bond motifs is 1. The van der Waals surface area contributed by atoms with Gasteiger partial charge in [-0.3, -0.25) is 4.79 Å². The smallest absolute Gasteiger partial charge is 0.254 e. The third-order valence-corrected chi connectivity index (χ3v) is 5.90. The molecule has 1 atom stereocenters. The van der Waals surface area contributed by atoms with Crippen LogP contribution in [-0.4, -0.2) is 40.1 Å². The van der Waals surface area contributed by atoms with Crippen molar-refractivity contribution >= 4 is 28.7 Å². The van der Waals surface area contributed by atoms with Gasteiger partial charge in [0, 0.05) is 29.5 Å². The van der Waals surface area contributed by atoms with Gasteiger partial charge in [0.2, 0.25) is 0 Å². The van der Waals surface area contributed by atoms with Crippen LogP contribution in [0.2, 0.25) is 0 Å². The predicted octanol–water partition coefficient (Wildman–Crippen LogP) is 4.61. The lowest BCUT2D eigenvalue weighted by Gasteiger charge is -2.32. The molecule has 2 aromatic carbocycles. The van der Waals surface area contributed by atoms with Gasteiger partial charge in [0.25, 0.3) is 5.91 Å². The van der Waals surface area contributed by atoms with Crippen molar-refractivity contribution in [3.05, 3.63) is 59.4 Å². The summed E-state index contributed by atoms with van der Waals surface area (Å²) in [5, 5.41) is 0. The van der Waals surface area contributed by atoms with Gasteiger partial charge < -0.3 is 9.88 Å². The Morgan fingerprint density at radius 1 is 1.27 bits per heavy atom. The highest BCUT2D eigenvalue weighted by Gasteiger charge is 2.28. The fraction of sp³-hybridized carbons (Fsp3) is 0.333. The van der Waals surface area contributed by atoms with E-state index in [1.807, 2.05) is 48.4 Å². The van der Waals surface area contributed by atoms with E-state index in [1.54, 1.807) is 11.8 Å². The number of hydrogen-bond donors (Lipinski definition) is 1. The topological polar surface area (TPSA) is 49.0 Å². The normalized spacial score (nSPS) is 17.6. The molecule has 134 valence electrons. The first-order valence-electron chi connectivity index (χ1n) is 9.04. The van der Waals surface area contributed by atoms with Crippen LogP contribution in [0.4, 0.5) is 0 Å². The van der Waals surface area contributed by atoms with Crippen LogP contribution in [0.1, 0.15) is 40.5 Å². The van der Waals surface area contributed by atoms with E-state index in [-0.39, 0.29) is 11.8 Å². The Kier molecular flexibility index (Phi) is 4.72. The lowest BCUT2D eigenvalue weighted by Crippen LogP contribution is -2.39. The number of amides is 1. The molecular formula is C21H23N3OS. The number of carbonyl (C=O) groups is 1.